The predicted molar refractivity (Wildman–Crippen MR) is 70.8 cm³/mol. The lowest BCUT2D eigenvalue weighted by atomic mass is 10.2. The molecule has 0 amide bonds. The molecule has 0 saturated carbocycles. The van der Waals surface area contributed by atoms with Crippen molar-refractivity contribution in [2.24, 2.45) is 5.73 Å². The highest BCUT2D eigenvalue weighted by molar-refractivity contribution is 5.86. The van der Waals surface area contributed by atoms with Crippen molar-refractivity contribution in [3.63, 3.8) is 0 Å². The second-order valence-corrected chi connectivity index (χ2v) is 2.96. The van der Waals surface area contributed by atoms with Gasteiger partial charge in [0, 0.05) is 18.1 Å². The molecule has 0 saturated heterocycles. The number of halogens is 2. The summed E-state index contributed by atoms with van der Waals surface area (Å²) in [6.45, 7) is 1.06. The standard InChI is InChI=1S/C11H12N2O.2ClH/c12-6-8-14-11-5-7-13-10-4-2-1-3-9(10)11;;/h1-5,7H,6,8,12H2;2*1H. The van der Waals surface area contributed by atoms with E-state index in [1.54, 1.807) is 6.20 Å². The molecule has 0 aliphatic heterocycles. The molecule has 0 aliphatic rings. The molecule has 5 heteroatoms. The Morgan fingerprint density at radius 1 is 1.12 bits per heavy atom. The number of nitrogens with zero attached hydrogens (tertiary/aromatic N) is 1. The van der Waals surface area contributed by atoms with Crippen molar-refractivity contribution < 1.29 is 4.74 Å². The second kappa shape index (κ2) is 7.28. The summed E-state index contributed by atoms with van der Waals surface area (Å²) in [7, 11) is 0. The van der Waals surface area contributed by atoms with Gasteiger partial charge in [-0.05, 0) is 18.2 Å². The predicted octanol–water partition coefficient (Wildman–Crippen LogP) is 2.42. The van der Waals surface area contributed by atoms with E-state index in [1.807, 2.05) is 30.3 Å². The number of pyridine rings is 1. The zero-order chi connectivity index (χ0) is 9.80. The lowest BCUT2D eigenvalue weighted by Crippen LogP contribution is -2.10. The summed E-state index contributed by atoms with van der Waals surface area (Å²) in [6.07, 6.45) is 1.74. The van der Waals surface area contributed by atoms with E-state index in [1.165, 1.54) is 0 Å². The highest BCUT2D eigenvalue weighted by Gasteiger charge is 2.00. The SMILES string of the molecule is Cl.Cl.NCCOc1ccnc2ccccc12. The van der Waals surface area contributed by atoms with Gasteiger partial charge in [0.25, 0.3) is 0 Å². The van der Waals surface area contributed by atoms with Crippen LogP contribution in [0.15, 0.2) is 36.5 Å². The van der Waals surface area contributed by atoms with Gasteiger partial charge < -0.3 is 10.5 Å². The van der Waals surface area contributed by atoms with Crippen LogP contribution in [0.4, 0.5) is 0 Å². The highest BCUT2D eigenvalue weighted by atomic mass is 35.5. The quantitative estimate of drug-likeness (QED) is 0.922. The van der Waals surface area contributed by atoms with Crippen LogP contribution in [-0.4, -0.2) is 18.1 Å². The number of nitrogens with two attached hydrogens (primary N) is 1. The van der Waals surface area contributed by atoms with Gasteiger partial charge in [-0.2, -0.15) is 0 Å². The van der Waals surface area contributed by atoms with E-state index in [9.17, 15) is 0 Å². The number of hydrogen-bond acceptors (Lipinski definition) is 3. The molecule has 2 N–H and O–H groups in total. The van der Waals surface area contributed by atoms with Gasteiger partial charge in [-0.25, -0.2) is 0 Å². The number of para-hydroxylation sites is 1. The number of aromatic nitrogens is 1. The smallest absolute Gasteiger partial charge is 0.130 e. The molecule has 88 valence electrons. The van der Waals surface area contributed by atoms with E-state index in [-0.39, 0.29) is 24.8 Å². The van der Waals surface area contributed by atoms with E-state index >= 15 is 0 Å². The van der Waals surface area contributed by atoms with Crippen LogP contribution in [0.2, 0.25) is 0 Å². The van der Waals surface area contributed by atoms with Crippen LogP contribution in [0.3, 0.4) is 0 Å². The largest absolute Gasteiger partial charge is 0.492 e. The van der Waals surface area contributed by atoms with Crippen molar-refractivity contribution in [3.05, 3.63) is 36.5 Å². The molecule has 16 heavy (non-hydrogen) atoms. The molecule has 1 aromatic heterocycles. The van der Waals surface area contributed by atoms with Gasteiger partial charge in [0.15, 0.2) is 0 Å². The monoisotopic (exact) mass is 260 g/mol. The number of hydrogen-bond donors (Lipinski definition) is 1. The first-order valence-corrected chi connectivity index (χ1v) is 4.58. The first-order valence-electron chi connectivity index (χ1n) is 4.58. The fourth-order valence-corrected chi connectivity index (χ4v) is 1.36. The lowest BCUT2D eigenvalue weighted by Gasteiger charge is -2.06. The molecule has 2 aromatic rings. The zero-order valence-electron chi connectivity index (χ0n) is 8.63. The molecule has 0 unspecified atom stereocenters. The third-order valence-corrected chi connectivity index (χ3v) is 1.98. The maximum atomic E-state index is 5.50. The Hall–Kier alpha value is -1.03. The Bertz CT molecular complexity index is 432. The van der Waals surface area contributed by atoms with Crippen LogP contribution >= 0.6 is 24.8 Å². The molecule has 1 heterocycles. The number of benzene rings is 1. The van der Waals surface area contributed by atoms with Gasteiger partial charge in [-0.3, -0.25) is 4.98 Å². The molecule has 1 aromatic carbocycles. The van der Waals surface area contributed by atoms with E-state index in [2.05, 4.69) is 4.98 Å². The van der Waals surface area contributed by atoms with Crippen LogP contribution in [0, 0.1) is 0 Å². The summed E-state index contributed by atoms with van der Waals surface area (Å²) < 4.78 is 5.50. The Morgan fingerprint density at radius 3 is 2.62 bits per heavy atom. The minimum absolute atomic E-state index is 0. The van der Waals surface area contributed by atoms with Crippen LogP contribution in [0.1, 0.15) is 0 Å². The van der Waals surface area contributed by atoms with Crippen molar-refractivity contribution in [2.45, 2.75) is 0 Å². The number of ether oxygens (including phenoxy) is 1. The molecule has 2 rings (SSSR count). The summed E-state index contributed by atoms with van der Waals surface area (Å²) in [5.41, 5.74) is 6.33. The van der Waals surface area contributed by atoms with Gasteiger partial charge in [-0.15, -0.1) is 24.8 Å². The van der Waals surface area contributed by atoms with E-state index in [0.29, 0.717) is 13.2 Å². The van der Waals surface area contributed by atoms with Crippen molar-refractivity contribution in [2.75, 3.05) is 13.2 Å². The van der Waals surface area contributed by atoms with Gasteiger partial charge in [0.05, 0.1) is 5.52 Å². The second-order valence-electron chi connectivity index (χ2n) is 2.96. The summed E-state index contributed by atoms with van der Waals surface area (Å²) in [5.74, 6) is 0.848. The normalized spacial score (nSPS) is 9.06. The van der Waals surface area contributed by atoms with Crippen molar-refractivity contribution in [1.29, 1.82) is 0 Å². The minimum atomic E-state index is 0. The Balaban J connectivity index is 0.00000112. The highest BCUT2D eigenvalue weighted by Crippen LogP contribution is 2.22. The van der Waals surface area contributed by atoms with Crippen molar-refractivity contribution in [3.8, 4) is 5.75 Å². The fourth-order valence-electron chi connectivity index (χ4n) is 1.36. The molecule has 0 aliphatic carbocycles. The molecular formula is C11H14Cl2N2O. The molecular weight excluding hydrogens is 247 g/mol. The summed E-state index contributed by atoms with van der Waals surface area (Å²) in [5, 5.41) is 1.03. The van der Waals surface area contributed by atoms with E-state index < -0.39 is 0 Å². The van der Waals surface area contributed by atoms with Gasteiger partial charge in [0.2, 0.25) is 0 Å². The molecule has 3 nitrogen and oxygen atoms in total. The molecule has 0 radical (unpaired) electrons. The maximum absolute atomic E-state index is 5.50. The van der Waals surface area contributed by atoms with Crippen LogP contribution in [-0.2, 0) is 0 Å². The topological polar surface area (TPSA) is 48.1 Å². The van der Waals surface area contributed by atoms with Gasteiger partial charge >= 0.3 is 0 Å². The number of rotatable bonds is 3. The average molecular weight is 261 g/mol. The Morgan fingerprint density at radius 2 is 1.88 bits per heavy atom. The van der Waals surface area contributed by atoms with E-state index in [4.69, 9.17) is 10.5 Å². The first kappa shape index (κ1) is 15.0. The molecule has 0 bridgehead atoms. The maximum Gasteiger partial charge on any atom is 0.130 e. The lowest BCUT2D eigenvalue weighted by molar-refractivity contribution is 0.332. The Labute approximate surface area is 107 Å². The minimum Gasteiger partial charge on any atom is -0.492 e. The summed E-state index contributed by atoms with van der Waals surface area (Å²) in [6, 6.07) is 9.75. The van der Waals surface area contributed by atoms with Crippen LogP contribution < -0.4 is 10.5 Å². The van der Waals surface area contributed by atoms with E-state index in [0.717, 1.165) is 16.7 Å². The summed E-state index contributed by atoms with van der Waals surface area (Å²) in [4.78, 5) is 4.24. The first-order chi connectivity index (χ1) is 6.92. The van der Waals surface area contributed by atoms with Crippen molar-refractivity contribution >= 4 is 35.7 Å². The van der Waals surface area contributed by atoms with Crippen molar-refractivity contribution in [1.82, 2.24) is 4.98 Å². The average Bonchev–Trinajstić information content (AvgIpc) is 2.26. The molecule has 0 spiro atoms. The van der Waals surface area contributed by atoms with Gasteiger partial charge in [0.1, 0.15) is 12.4 Å². The van der Waals surface area contributed by atoms with Crippen LogP contribution in [0.25, 0.3) is 10.9 Å². The number of fused-ring (bicyclic) bond motifs is 1. The van der Waals surface area contributed by atoms with Gasteiger partial charge in [-0.1, -0.05) is 12.1 Å². The third kappa shape index (κ3) is 3.23. The zero-order valence-corrected chi connectivity index (χ0v) is 10.3. The third-order valence-electron chi connectivity index (χ3n) is 1.98. The summed E-state index contributed by atoms with van der Waals surface area (Å²) >= 11 is 0. The molecule has 0 fully saturated rings. The van der Waals surface area contributed by atoms with Crippen LogP contribution in [0.5, 0.6) is 5.75 Å². The Kier molecular flexibility index (Phi) is 6.81. The fraction of sp³-hybridized carbons (Fsp3) is 0.182. The molecule has 0 atom stereocenters.